The fourth-order valence-electron chi connectivity index (χ4n) is 5.49. The Balaban J connectivity index is 1.76. The highest BCUT2D eigenvalue weighted by molar-refractivity contribution is 5.80. The molecule has 0 radical (unpaired) electrons. The third-order valence-corrected chi connectivity index (χ3v) is 6.72. The smallest absolute Gasteiger partial charge is 0.313 e. The van der Waals surface area contributed by atoms with Gasteiger partial charge in [0.25, 0.3) is 0 Å². The molecule has 5 aliphatic rings. The largest absolute Gasteiger partial charge is 0.459 e. The van der Waals surface area contributed by atoms with Gasteiger partial charge in [-0.2, -0.15) is 0 Å². The quantitative estimate of drug-likeness (QED) is 0.380. The molecule has 6 nitrogen and oxygen atoms in total. The number of ether oxygens (including phenoxy) is 3. The Kier molecular flexibility index (Phi) is 1.83. The van der Waals surface area contributed by atoms with Crippen molar-refractivity contribution in [2.75, 3.05) is 6.61 Å². The van der Waals surface area contributed by atoms with Crippen LogP contribution in [0.4, 0.5) is 0 Å². The van der Waals surface area contributed by atoms with Gasteiger partial charge >= 0.3 is 5.97 Å². The van der Waals surface area contributed by atoms with E-state index in [0.717, 1.165) is 5.57 Å². The summed E-state index contributed by atoms with van der Waals surface area (Å²) in [5, 5.41) is 22.4. The number of hydrogen-bond donors (Lipinski definition) is 2. The molecular formula is C15H18O6. The first-order chi connectivity index (χ1) is 9.80. The normalized spacial score (nSPS) is 65.8. The molecule has 0 aromatic rings. The minimum absolute atomic E-state index is 0.236. The van der Waals surface area contributed by atoms with Crippen molar-refractivity contribution in [2.45, 2.75) is 49.5 Å². The van der Waals surface area contributed by atoms with Crippen molar-refractivity contribution in [3.8, 4) is 0 Å². The summed E-state index contributed by atoms with van der Waals surface area (Å²) in [6.45, 7) is 7.96. The number of aliphatic hydroxyl groups excluding tert-OH is 1. The van der Waals surface area contributed by atoms with Crippen LogP contribution in [0.15, 0.2) is 12.2 Å². The molecule has 0 amide bonds. The molecule has 5 rings (SSSR count). The number of esters is 1. The van der Waals surface area contributed by atoms with Crippen molar-refractivity contribution >= 4 is 5.97 Å². The summed E-state index contributed by atoms with van der Waals surface area (Å²) in [5.74, 6) is -1.60. The lowest BCUT2D eigenvalue weighted by Crippen LogP contribution is -2.70. The topological polar surface area (TPSA) is 91.8 Å². The Bertz CT molecular complexity index is 597. The predicted octanol–water partition coefficient (Wildman–Crippen LogP) is -0.618. The van der Waals surface area contributed by atoms with Crippen molar-refractivity contribution in [3.63, 3.8) is 0 Å². The summed E-state index contributed by atoms with van der Waals surface area (Å²) in [4.78, 5) is 12.4. The lowest BCUT2D eigenvalue weighted by atomic mass is 9.52. The van der Waals surface area contributed by atoms with E-state index in [0.29, 0.717) is 6.61 Å². The Morgan fingerprint density at radius 3 is 2.67 bits per heavy atom. The maximum absolute atomic E-state index is 12.4. The van der Waals surface area contributed by atoms with Crippen LogP contribution in [0.25, 0.3) is 0 Å². The van der Waals surface area contributed by atoms with Crippen molar-refractivity contribution in [3.05, 3.63) is 12.2 Å². The van der Waals surface area contributed by atoms with E-state index in [9.17, 15) is 15.0 Å². The van der Waals surface area contributed by atoms with E-state index in [4.69, 9.17) is 14.2 Å². The second-order valence-electron chi connectivity index (χ2n) is 7.38. The van der Waals surface area contributed by atoms with Gasteiger partial charge in [-0.15, -0.1) is 0 Å². The average Bonchev–Trinajstić information content (AvgIpc) is 3.27. The van der Waals surface area contributed by atoms with Crippen molar-refractivity contribution in [1.82, 2.24) is 0 Å². The number of aliphatic hydroxyl groups is 2. The van der Waals surface area contributed by atoms with Gasteiger partial charge in [0.1, 0.15) is 35.6 Å². The van der Waals surface area contributed by atoms with Crippen LogP contribution in [0, 0.1) is 17.3 Å². The molecule has 2 saturated carbocycles. The molecule has 3 saturated heterocycles. The van der Waals surface area contributed by atoms with Crippen molar-refractivity contribution < 1.29 is 29.2 Å². The molecule has 5 fully saturated rings. The second-order valence-corrected chi connectivity index (χ2v) is 7.38. The van der Waals surface area contributed by atoms with Gasteiger partial charge in [0.05, 0.1) is 17.9 Å². The maximum atomic E-state index is 12.4. The zero-order valence-electron chi connectivity index (χ0n) is 11.9. The third kappa shape index (κ3) is 0.958. The first-order valence-electron chi connectivity index (χ1n) is 7.36. The molecule has 2 unspecified atom stereocenters. The summed E-state index contributed by atoms with van der Waals surface area (Å²) < 4.78 is 16.7. The van der Waals surface area contributed by atoms with E-state index in [2.05, 4.69) is 6.58 Å². The maximum Gasteiger partial charge on any atom is 0.313 e. The van der Waals surface area contributed by atoms with Gasteiger partial charge in [-0.1, -0.05) is 19.1 Å². The molecule has 2 bridgehead atoms. The Morgan fingerprint density at radius 1 is 1.43 bits per heavy atom. The second kappa shape index (κ2) is 3.06. The number of fused-ring (bicyclic) bond motifs is 8. The molecule has 0 aromatic heterocycles. The summed E-state index contributed by atoms with van der Waals surface area (Å²) in [5.41, 5.74) is -2.38. The zero-order chi connectivity index (χ0) is 14.9. The molecule has 21 heavy (non-hydrogen) atoms. The van der Waals surface area contributed by atoms with Crippen LogP contribution >= 0.6 is 0 Å². The molecule has 2 aliphatic carbocycles. The summed E-state index contributed by atoms with van der Waals surface area (Å²) in [7, 11) is 0. The standard InChI is InChI=1S/C15H18O6/c1-5(2)6-7-12(17)20-8(6)9(16)13(3)14(4-19-14)10-11(21-10)15(7,13)18/h6-11,16,18H,1,4H2,2-3H3/t6?,7-,8-,9-,10-,11+,13?,14-,15+/m1/s1. The molecule has 3 heterocycles. The molecular weight excluding hydrogens is 276 g/mol. The lowest BCUT2D eigenvalue weighted by molar-refractivity contribution is -0.232. The highest BCUT2D eigenvalue weighted by Gasteiger charge is 2.94. The van der Waals surface area contributed by atoms with E-state index < -0.39 is 46.8 Å². The molecule has 0 aromatic carbocycles. The number of epoxide rings is 2. The lowest BCUT2D eigenvalue weighted by Gasteiger charge is -2.54. The van der Waals surface area contributed by atoms with E-state index in [-0.39, 0.29) is 12.0 Å². The van der Waals surface area contributed by atoms with E-state index in [1.54, 1.807) is 13.8 Å². The fourth-order valence-corrected chi connectivity index (χ4v) is 5.49. The van der Waals surface area contributed by atoms with Gasteiger partial charge in [0, 0.05) is 5.92 Å². The Labute approximate surface area is 121 Å². The average molecular weight is 294 g/mol. The van der Waals surface area contributed by atoms with Crippen LogP contribution in [0.3, 0.4) is 0 Å². The van der Waals surface area contributed by atoms with E-state index >= 15 is 0 Å². The van der Waals surface area contributed by atoms with Crippen LogP contribution in [-0.4, -0.2) is 58.4 Å². The summed E-state index contributed by atoms with van der Waals surface area (Å²) in [6.07, 6.45) is -2.37. The summed E-state index contributed by atoms with van der Waals surface area (Å²) in [6, 6.07) is 0. The van der Waals surface area contributed by atoms with Gasteiger partial charge in [-0.25, -0.2) is 0 Å². The van der Waals surface area contributed by atoms with Gasteiger partial charge in [0.2, 0.25) is 0 Å². The summed E-state index contributed by atoms with van der Waals surface area (Å²) >= 11 is 0. The van der Waals surface area contributed by atoms with Crippen LogP contribution in [0.2, 0.25) is 0 Å². The zero-order valence-corrected chi connectivity index (χ0v) is 11.9. The molecule has 6 heteroatoms. The molecule has 9 atom stereocenters. The first-order valence-corrected chi connectivity index (χ1v) is 7.36. The number of carbonyl (C=O) groups is 1. The molecule has 1 spiro atoms. The number of carbonyl (C=O) groups excluding carboxylic acids is 1. The minimum atomic E-state index is -1.47. The molecule has 114 valence electrons. The SMILES string of the molecule is C=C(C)C1[C@H]2OC(=O)[C@@H]1[C@]1(O)[C@H]3O[C@H]3[C@]3(CO3)C1(C)[C@@H]2O. The van der Waals surface area contributed by atoms with Gasteiger partial charge in [-0.05, 0) is 6.92 Å². The highest BCUT2D eigenvalue weighted by Crippen LogP contribution is 2.75. The number of rotatable bonds is 1. The van der Waals surface area contributed by atoms with Crippen LogP contribution in [0.1, 0.15) is 13.8 Å². The first kappa shape index (κ1) is 12.6. The van der Waals surface area contributed by atoms with E-state index in [1.165, 1.54) is 0 Å². The predicted molar refractivity (Wildman–Crippen MR) is 68.1 cm³/mol. The fraction of sp³-hybridized carbons (Fsp3) is 0.800. The monoisotopic (exact) mass is 294 g/mol. The van der Waals surface area contributed by atoms with Gasteiger partial charge < -0.3 is 24.4 Å². The van der Waals surface area contributed by atoms with Crippen molar-refractivity contribution in [2.24, 2.45) is 17.3 Å². The van der Waals surface area contributed by atoms with E-state index in [1.807, 2.05) is 0 Å². The number of hydrogen-bond acceptors (Lipinski definition) is 6. The van der Waals surface area contributed by atoms with Crippen molar-refractivity contribution in [1.29, 1.82) is 0 Å². The Hall–Kier alpha value is -0.950. The van der Waals surface area contributed by atoms with Gasteiger partial charge in [-0.3, -0.25) is 4.79 Å². The van der Waals surface area contributed by atoms with Crippen LogP contribution < -0.4 is 0 Å². The minimum Gasteiger partial charge on any atom is -0.459 e. The van der Waals surface area contributed by atoms with Gasteiger partial charge in [0.15, 0.2) is 0 Å². The molecule has 3 aliphatic heterocycles. The highest BCUT2D eigenvalue weighted by atomic mass is 16.7. The van der Waals surface area contributed by atoms with Crippen LogP contribution in [-0.2, 0) is 19.0 Å². The molecule has 2 N–H and O–H groups in total. The third-order valence-electron chi connectivity index (χ3n) is 6.72. The van der Waals surface area contributed by atoms with Crippen LogP contribution in [0.5, 0.6) is 0 Å². The Morgan fingerprint density at radius 2 is 2.10 bits per heavy atom.